The zero-order chi connectivity index (χ0) is 26.7. The van der Waals surface area contributed by atoms with Crippen molar-refractivity contribution in [2.75, 3.05) is 30.3 Å². The maximum absolute atomic E-state index is 15.4. The van der Waals surface area contributed by atoms with Gasteiger partial charge in [-0.3, -0.25) is 4.68 Å². The van der Waals surface area contributed by atoms with Crippen molar-refractivity contribution in [2.24, 2.45) is 12.8 Å². The Morgan fingerprint density at radius 1 is 1.15 bits per heavy atom. The monoisotopic (exact) mass is 529 g/mol. The van der Waals surface area contributed by atoms with Crippen molar-refractivity contribution in [2.45, 2.75) is 31.0 Å². The molecule has 0 aliphatic carbocycles. The fourth-order valence-corrected chi connectivity index (χ4v) is 5.35. The van der Waals surface area contributed by atoms with E-state index >= 15 is 4.39 Å². The first kappa shape index (κ1) is 23.8. The van der Waals surface area contributed by atoms with Crippen molar-refractivity contribution in [3.8, 4) is 17.0 Å². The Labute approximate surface area is 223 Å². The highest BCUT2D eigenvalue weighted by molar-refractivity contribution is 5.99. The number of alkyl halides is 1. The molecule has 2 aliphatic rings. The first-order valence-corrected chi connectivity index (χ1v) is 12.9. The predicted octanol–water partition coefficient (Wildman–Crippen LogP) is 2.81. The van der Waals surface area contributed by atoms with Gasteiger partial charge in [0.25, 0.3) is 0 Å². The largest absolute Gasteiger partial charge is 0.491 e. The van der Waals surface area contributed by atoms with E-state index in [1.807, 2.05) is 49.6 Å². The molecule has 12 heteroatoms. The molecule has 7 rings (SSSR count). The molecule has 0 bridgehead atoms. The van der Waals surface area contributed by atoms with Crippen molar-refractivity contribution in [1.82, 2.24) is 29.3 Å². The molecular weight excluding hydrogens is 501 g/mol. The van der Waals surface area contributed by atoms with Crippen molar-refractivity contribution >= 4 is 33.6 Å². The topological polar surface area (TPSA) is 135 Å². The normalized spacial score (nSPS) is 21.6. The van der Waals surface area contributed by atoms with Gasteiger partial charge in [0.1, 0.15) is 42.1 Å². The lowest BCUT2D eigenvalue weighted by Gasteiger charge is -2.37. The molecule has 0 saturated carbocycles. The maximum Gasteiger partial charge on any atom is 0.167 e. The number of ether oxygens (including phenoxy) is 2. The highest BCUT2D eigenvalue weighted by atomic mass is 19.1. The molecule has 2 fully saturated rings. The van der Waals surface area contributed by atoms with Crippen LogP contribution < -0.4 is 21.1 Å². The fourth-order valence-electron chi connectivity index (χ4n) is 5.35. The molecule has 5 aromatic rings. The van der Waals surface area contributed by atoms with Crippen LogP contribution >= 0.6 is 0 Å². The van der Waals surface area contributed by atoms with Crippen LogP contribution in [0.25, 0.3) is 33.2 Å². The summed E-state index contributed by atoms with van der Waals surface area (Å²) in [7, 11) is 1.83. The second-order valence-electron chi connectivity index (χ2n) is 10.2. The van der Waals surface area contributed by atoms with E-state index in [4.69, 9.17) is 25.9 Å². The molecule has 2 saturated heterocycles. The van der Waals surface area contributed by atoms with Crippen molar-refractivity contribution < 1.29 is 13.9 Å². The smallest absolute Gasteiger partial charge is 0.167 e. The van der Waals surface area contributed by atoms with E-state index in [0.717, 1.165) is 35.4 Å². The van der Waals surface area contributed by atoms with Gasteiger partial charge in [0.2, 0.25) is 0 Å². The van der Waals surface area contributed by atoms with E-state index in [-0.39, 0.29) is 19.1 Å². The van der Waals surface area contributed by atoms with E-state index in [2.05, 4.69) is 20.0 Å². The fraction of sp³-hybridized carbons (Fsp3) is 0.333. The van der Waals surface area contributed by atoms with E-state index in [1.165, 1.54) is 6.33 Å². The lowest BCUT2D eigenvalue weighted by molar-refractivity contribution is -0.0309. The Morgan fingerprint density at radius 2 is 2.00 bits per heavy atom. The van der Waals surface area contributed by atoms with Crippen LogP contribution in [-0.4, -0.2) is 67.3 Å². The van der Waals surface area contributed by atoms with Crippen LogP contribution in [0.2, 0.25) is 0 Å². The lowest BCUT2D eigenvalue weighted by Crippen LogP contribution is -2.56. The number of hydrogen-bond acceptors (Lipinski definition) is 9. The van der Waals surface area contributed by atoms with Gasteiger partial charge in [-0.2, -0.15) is 5.10 Å². The van der Waals surface area contributed by atoms with Gasteiger partial charge < -0.3 is 30.4 Å². The Morgan fingerprint density at radius 3 is 2.79 bits per heavy atom. The summed E-state index contributed by atoms with van der Waals surface area (Å²) in [6.07, 6.45) is 2.60. The van der Waals surface area contributed by atoms with Gasteiger partial charge >= 0.3 is 0 Å². The Balaban J connectivity index is 1.10. The number of nitrogens with two attached hydrogens (primary N) is 2. The average Bonchev–Trinajstić information content (AvgIpc) is 3.62. The molecule has 200 valence electrons. The molecule has 0 radical (unpaired) electrons. The van der Waals surface area contributed by atoms with E-state index in [9.17, 15) is 0 Å². The number of nitrogen functional groups attached to an aromatic ring is 1. The summed E-state index contributed by atoms with van der Waals surface area (Å²) < 4.78 is 30.9. The number of pyridine rings is 1. The second kappa shape index (κ2) is 9.17. The summed E-state index contributed by atoms with van der Waals surface area (Å²) in [6, 6.07) is 11.9. The molecule has 0 amide bonds. The first-order valence-electron chi connectivity index (χ1n) is 12.9. The minimum atomic E-state index is -1.26. The molecule has 4 aromatic heterocycles. The number of benzene rings is 1. The first-order chi connectivity index (χ1) is 18.9. The molecule has 4 N–H and O–H groups in total. The highest BCUT2D eigenvalue weighted by Gasteiger charge is 2.38. The number of nitrogens with zero attached hydrogens (tertiary/aromatic N) is 7. The van der Waals surface area contributed by atoms with Crippen LogP contribution in [0.15, 0.2) is 55.1 Å². The average molecular weight is 530 g/mol. The third-order valence-electron chi connectivity index (χ3n) is 7.35. The van der Waals surface area contributed by atoms with Gasteiger partial charge in [0.05, 0.1) is 22.7 Å². The molecule has 1 aromatic carbocycles. The van der Waals surface area contributed by atoms with Gasteiger partial charge in [-0.15, -0.1) is 0 Å². The summed E-state index contributed by atoms with van der Waals surface area (Å²) in [5.41, 5.74) is 14.9. The van der Waals surface area contributed by atoms with Crippen LogP contribution in [0.5, 0.6) is 5.75 Å². The summed E-state index contributed by atoms with van der Waals surface area (Å²) in [6.45, 7) is 1.81. The van der Waals surface area contributed by atoms with Crippen LogP contribution in [0.4, 0.5) is 16.0 Å². The van der Waals surface area contributed by atoms with Gasteiger partial charge in [-0.05, 0) is 30.3 Å². The van der Waals surface area contributed by atoms with E-state index in [0.29, 0.717) is 28.3 Å². The molecule has 6 heterocycles. The molecular formula is C27H28FN9O2. The number of aromatic nitrogens is 6. The number of aryl methyl sites for hydroxylation is 1. The lowest BCUT2D eigenvalue weighted by atomic mass is 10.1. The Bertz CT molecular complexity index is 1680. The van der Waals surface area contributed by atoms with Crippen LogP contribution in [0.1, 0.15) is 12.6 Å². The Kier molecular flexibility index (Phi) is 5.60. The third-order valence-corrected chi connectivity index (χ3v) is 7.35. The SMILES string of the molecule is Cn1ccc(-c2cn([C@@H]3O[C@H](COc4ccc5ccc(N6CC(N)C6)nc5c4)C[C@@H]3F)c3ncnc(N)c23)n1. The standard InChI is InChI=1S/C27H28FN9O2/c1-35-7-6-21(34-35)19-12-37(26-24(19)25(30)31-14-32-26)27-20(28)8-18(39-27)13-38-17-4-2-15-3-5-23(33-22(15)9-17)36-10-16(29)11-36/h2-7,9,12,14,16,18,20,27H,8,10-11,13,29H2,1H3,(H2,30,31,32)/t18-,20-,27+/m0/s1. The number of fused-ring (bicyclic) bond motifs is 2. The summed E-state index contributed by atoms with van der Waals surface area (Å²) in [5, 5.41) is 6.12. The summed E-state index contributed by atoms with van der Waals surface area (Å²) >= 11 is 0. The molecule has 3 atom stereocenters. The van der Waals surface area contributed by atoms with Gasteiger partial charge in [0.15, 0.2) is 6.23 Å². The minimum absolute atomic E-state index is 0.190. The zero-order valence-electron chi connectivity index (χ0n) is 21.3. The highest BCUT2D eigenvalue weighted by Crippen LogP contribution is 2.39. The third kappa shape index (κ3) is 4.21. The Hall–Kier alpha value is -4.29. The van der Waals surface area contributed by atoms with E-state index < -0.39 is 18.5 Å². The van der Waals surface area contributed by atoms with E-state index in [1.54, 1.807) is 15.4 Å². The molecule has 0 unspecified atom stereocenters. The second-order valence-corrected chi connectivity index (χ2v) is 10.2. The van der Waals surface area contributed by atoms with Gasteiger partial charge in [-0.25, -0.2) is 19.3 Å². The molecule has 2 aliphatic heterocycles. The van der Waals surface area contributed by atoms with Gasteiger partial charge in [0, 0.05) is 62.0 Å². The number of halogens is 1. The summed E-state index contributed by atoms with van der Waals surface area (Å²) in [5.74, 6) is 1.86. The molecule has 0 spiro atoms. The predicted molar refractivity (Wildman–Crippen MR) is 145 cm³/mol. The maximum atomic E-state index is 15.4. The van der Waals surface area contributed by atoms with Crippen molar-refractivity contribution in [3.63, 3.8) is 0 Å². The number of anilines is 2. The quantitative estimate of drug-likeness (QED) is 0.340. The van der Waals surface area contributed by atoms with Gasteiger partial charge in [-0.1, -0.05) is 0 Å². The van der Waals surface area contributed by atoms with Crippen molar-refractivity contribution in [3.05, 3.63) is 55.1 Å². The summed E-state index contributed by atoms with van der Waals surface area (Å²) in [4.78, 5) is 15.4. The van der Waals surface area contributed by atoms with Crippen LogP contribution in [0.3, 0.4) is 0 Å². The molecule has 11 nitrogen and oxygen atoms in total. The van der Waals surface area contributed by atoms with Crippen LogP contribution in [-0.2, 0) is 11.8 Å². The number of rotatable bonds is 6. The minimum Gasteiger partial charge on any atom is -0.491 e. The number of hydrogen-bond donors (Lipinski definition) is 2. The zero-order valence-corrected chi connectivity index (χ0v) is 21.3. The molecule has 39 heavy (non-hydrogen) atoms. The van der Waals surface area contributed by atoms with Crippen molar-refractivity contribution in [1.29, 1.82) is 0 Å². The van der Waals surface area contributed by atoms with Crippen LogP contribution in [0, 0.1) is 0 Å².